The second kappa shape index (κ2) is 4.55. The molecule has 1 aromatic rings. The van der Waals surface area contributed by atoms with Crippen LogP contribution in [-0.4, -0.2) is 45.5 Å². The van der Waals surface area contributed by atoms with Gasteiger partial charge < -0.3 is 20.2 Å². The Bertz CT molecular complexity index is 450. The van der Waals surface area contributed by atoms with Crippen molar-refractivity contribution in [2.75, 3.05) is 13.1 Å². The molecule has 6 heteroatoms. The first kappa shape index (κ1) is 12.8. The van der Waals surface area contributed by atoms with Gasteiger partial charge in [0.1, 0.15) is 17.5 Å². The Morgan fingerprint density at radius 1 is 1.39 bits per heavy atom. The van der Waals surface area contributed by atoms with Crippen LogP contribution in [0.3, 0.4) is 0 Å². The second-order valence-corrected chi connectivity index (χ2v) is 4.43. The van der Waals surface area contributed by atoms with Crippen LogP contribution in [0.4, 0.5) is 9.18 Å². The zero-order valence-electron chi connectivity index (χ0n) is 9.58. The van der Waals surface area contributed by atoms with Crippen molar-refractivity contribution < 1.29 is 24.5 Å². The molecule has 5 nitrogen and oxygen atoms in total. The van der Waals surface area contributed by atoms with E-state index in [1.54, 1.807) is 0 Å². The van der Waals surface area contributed by atoms with Crippen LogP contribution in [0.5, 0.6) is 0 Å². The molecule has 18 heavy (non-hydrogen) atoms. The van der Waals surface area contributed by atoms with Gasteiger partial charge in [0.2, 0.25) is 0 Å². The SMILES string of the molecule is O=C(O)N1CCC(O)(c2ccc(F)cc2)C(O)C1. The largest absolute Gasteiger partial charge is 0.465 e. The van der Waals surface area contributed by atoms with E-state index >= 15 is 0 Å². The lowest BCUT2D eigenvalue weighted by Gasteiger charge is -2.41. The molecule has 1 amide bonds. The molecule has 0 spiro atoms. The highest BCUT2D eigenvalue weighted by Gasteiger charge is 2.43. The van der Waals surface area contributed by atoms with Crippen molar-refractivity contribution in [2.24, 2.45) is 0 Å². The number of aliphatic hydroxyl groups excluding tert-OH is 1. The first-order valence-corrected chi connectivity index (χ1v) is 5.58. The van der Waals surface area contributed by atoms with Gasteiger partial charge in [0.05, 0.1) is 6.54 Å². The van der Waals surface area contributed by atoms with E-state index in [2.05, 4.69) is 0 Å². The number of rotatable bonds is 1. The van der Waals surface area contributed by atoms with E-state index < -0.39 is 23.6 Å². The van der Waals surface area contributed by atoms with Gasteiger partial charge in [-0.3, -0.25) is 0 Å². The molecule has 1 fully saturated rings. The van der Waals surface area contributed by atoms with Crippen LogP contribution >= 0.6 is 0 Å². The Morgan fingerprint density at radius 3 is 2.50 bits per heavy atom. The van der Waals surface area contributed by atoms with Gasteiger partial charge in [-0.1, -0.05) is 12.1 Å². The number of likely N-dealkylation sites (tertiary alicyclic amines) is 1. The molecule has 2 rings (SSSR count). The predicted octanol–water partition coefficient (Wildman–Crippen LogP) is 0.758. The Morgan fingerprint density at radius 2 is 2.00 bits per heavy atom. The molecule has 3 N–H and O–H groups in total. The first-order chi connectivity index (χ1) is 8.43. The maximum Gasteiger partial charge on any atom is 0.407 e. The molecule has 1 aliphatic heterocycles. The van der Waals surface area contributed by atoms with E-state index in [-0.39, 0.29) is 19.5 Å². The van der Waals surface area contributed by atoms with Crippen LogP contribution in [0, 0.1) is 5.82 Å². The lowest BCUT2D eigenvalue weighted by molar-refractivity contribution is -0.119. The molecule has 0 radical (unpaired) electrons. The predicted molar refractivity (Wildman–Crippen MR) is 60.5 cm³/mol. The fourth-order valence-electron chi connectivity index (χ4n) is 2.17. The van der Waals surface area contributed by atoms with E-state index in [0.717, 1.165) is 4.90 Å². The van der Waals surface area contributed by atoms with E-state index in [4.69, 9.17) is 5.11 Å². The lowest BCUT2D eigenvalue weighted by atomic mass is 9.82. The second-order valence-electron chi connectivity index (χ2n) is 4.43. The van der Waals surface area contributed by atoms with Gasteiger partial charge in [-0.25, -0.2) is 9.18 Å². The zero-order chi connectivity index (χ0) is 13.3. The topological polar surface area (TPSA) is 81.0 Å². The average molecular weight is 255 g/mol. The molecular weight excluding hydrogens is 241 g/mol. The Kier molecular flexibility index (Phi) is 3.23. The number of halogens is 1. The van der Waals surface area contributed by atoms with E-state index in [9.17, 15) is 19.4 Å². The number of hydrogen-bond donors (Lipinski definition) is 3. The molecule has 0 aliphatic carbocycles. The van der Waals surface area contributed by atoms with Crippen molar-refractivity contribution in [2.45, 2.75) is 18.1 Å². The maximum atomic E-state index is 12.8. The summed E-state index contributed by atoms with van der Waals surface area (Å²) in [5.74, 6) is -0.431. The molecule has 1 aliphatic rings. The van der Waals surface area contributed by atoms with E-state index in [1.807, 2.05) is 0 Å². The van der Waals surface area contributed by atoms with Crippen LogP contribution in [0.15, 0.2) is 24.3 Å². The maximum absolute atomic E-state index is 12.8. The standard InChI is InChI=1S/C12H14FNO4/c13-9-3-1-8(2-4-9)12(18)5-6-14(11(16)17)7-10(12)15/h1-4,10,15,18H,5-7H2,(H,16,17). The first-order valence-electron chi connectivity index (χ1n) is 5.58. The van der Waals surface area contributed by atoms with E-state index in [1.165, 1.54) is 24.3 Å². The van der Waals surface area contributed by atoms with Gasteiger partial charge in [-0.15, -0.1) is 0 Å². The summed E-state index contributed by atoms with van der Waals surface area (Å²) in [6, 6.07) is 5.19. The van der Waals surface area contributed by atoms with Crippen molar-refractivity contribution >= 4 is 6.09 Å². The fraction of sp³-hybridized carbons (Fsp3) is 0.417. The van der Waals surface area contributed by atoms with E-state index in [0.29, 0.717) is 5.56 Å². The summed E-state index contributed by atoms with van der Waals surface area (Å²) >= 11 is 0. The minimum Gasteiger partial charge on any atom is -0.465 e. The number of β-amino-alcohol motifs (C(OH)–C–C–N with tert-alkyl or cyclic N) is 1. The molecule has 0 aromatic heterocycles. The van der Waals surface area contributed by atoms with Gasteiger partial charge >= 0.3 is 6.09 Å². The van der Waals surface area contributed by atoms with Gasteiger partial charge in [0.25, 0.3) is 0 Å². The lowest BCUT2D eigenvalue weighted by Crippen LogP contribution is -2.54. The van der Waals surface area contributed by atoms with Crippen molar-refractivity contribution in [3.63, 3.8) is 0 Å². The monoisotopic (exact) mass is 255 g/mol. The number of amides is 1. The molecule has 98 valence electrons. The number of carboxylic acid groups (broad SMARTS) is 1. The number of carbonyl (C=O) groups is 1. The molecule has 1 aromatic carbocycles. The van der Waals surface area contributed by atoms with Crippen LogP contribution in [-0.2, 0) is 5.60 Å². The van der Waals surface area contributed by atoms with Gasteiger partial charge in [0.15, 0.2) is 0 Å². The number of hydrogen-bond acceptors (Lipinski definition) is 3. The van der Waals surface area contributed by atoms with Crippen molar-refractivity contribution in [1.29, 1.82) is 0 Å². The summed E-state index contributed by atoms with van der Waals surface area (Å²) in [6.45, 7) is -0.0382. The van der Waals surface area contributed by atoms with Crippen molar-refractivity contribution in [3.05, 3.63) is 35.6 Å². The number of benzene rings is 1. The normalized spacial score (nSPS) is 28.2. The molecule has 1 heterocycles. The smallest absolute Gasteiger partial charge is 0.407 e. The number of piperidine rings is 1. The minimum absolute atomic E-state index is 0.0755. The molecule has 2 atom stereocenters. The third kappa shape index (κ3) is 2.16. The number of nitrogens with zero attached hydrogens (tertiary/aromatic N) is 1. The molecule has 0 bridgehead atoms. The Labute approximate surface area is 103 Å². The third-order valence-corrected chi connectivity index (χ3v) is 3.32. The van der Waals surface area contributed by atoms with Crippen LogP contribution < -0.4 is 0 Å². The van der Waals surface area contributed by atoms with Gasteiger partial charge in [-0.05, 0) is 17.7 Å². The van der Waals surface area contributed by atoms with Crippen LogP contribution in [0.2, 0.25) is 0 Å². The van der Waals surface area contributed by atoms with Crippen LogP contribution in [0.25, 0.3) is 0 Å². The fourth-order valence-corrected chi connectivity index (χ4v) is 2.17. The highest BCUT2D eigenvalue weighted by atomic mass is 19.1. The highest BCUT2D eigenvalue weighted by molar-refractivity contribution is 5.65. The third-order valence-electron chi connectivity index (χ3n) is 3.32. The van der Waals surface area contributed by atoms with Gasteiger partial charge in [0, 0.05) is 13.0 Å². The van der Waals surface area contributed by atoms with Crippen molar-refractivity contribution in [1.82, 2.24) is 4.90 Å². The highest BCUT2D eigenvalue weighted by Crippen LogP contribution is 2.33. The van der Waals surface area contributed by atoms with Crippen LogP contribution in [0.1, 0.15) is 12.0 Å². The quantitative estimate of drug-likeness (QED) is 0.692. The Balaban J connectivity index is 2.22. The summed E-state index contributed by atoms with van der Waals surface area (Å²) < 4.78 is 12.8. The molecule has 2 unspecified atom stereocenters. The number of aliphatic hydroxyl groups is 2. The van der Waals surface area contributed by atoms with Gasteiger partial charge in [-0.2, -0.15) is 0 Å². The summed E-state index contributed by atoms with van der Waals surface area (Å²) in [5, 5.41) is 29.1. The summed E-state index contributed by atoms with van der Waals surface area (Å²) in [7, 11) is 0. The minimum atomic E-state index is -1.53. The summed E-state index contributed by atoms with van der Waals surface area (Å²) in [4.78, 5) is 11.8. The van der Waals surface area contributed by atoms with Crippen molar-refractivity contribution in [3.8, 4) is 0 Å². The molecule has 1 saturated heterocycles. The molecule has 0 saturated carbocycles. The Hall–Kier alpha value is -1.66. The average Bonchev–Trinajstić information content (AvgIpc) is 2.33. The molecular formula is C12H14FNO4. The summed E-state index contributed by atoms with van der Waals surface area (Å²) in [5.41, 5.74) is -1.14. The summed E-state index contributed by atoms with van der Waals surface area (Å²) in [6.07, 6.45) is -2.28. The zero-order valence-corrected chi connectivity index (χ0v) is 9.58.